The minimum absolute atomic E-state index is 0.0333. The van der Waals surface area contributed by atoms with E-state index in [0.717, 1.165) is 6.54 Å². The van der Waals surface area contributed by atoms with Gasteiger partial charge >= 0.3 is 0 Å². The molecule has 1 saturated heterocycles. The molecule has 4 nitrogen and oxygen atoms in total. The number of rotatable bonds is 3. The summed E-state index contributed by atoms with van der Waals surface area (Å²) in [4.78, 5) is 2.15. The molecule has 4 heteroatoms. The summed E-state index contributed by atoms with van der Waals surface area (Å²) >= 11 is 0. The molecular weight excluding hydrogens is 170 g/mol. The van der Waals surface area contributed by atoms with E-state index in [1.807, 2.05) is 0 Å². The molecule has 1 unspecified atom stereocenters. The summed E-state index contributed by atoms with van der Waals surface area (Å²) in [5.74, 6) is 0. The Labute approximate surface area is 79.1 Å². The summed E-state index contributed by atoms with van der Waals surface area (Å²) < 4.78 is 5.34. The van der Waals surface area contributed by atoms with Gasteiger partial charge in [0.1, 0.15) is 0 Å². The third kappa shape index (κ3) is 2.91. The van der Waals surface area contributed by atoms with Gasteiger partial charge < -0.3 is 14.9 Å². The first-order chi connectivity index (χ1) is 6.06. The maximum absolute atomic E-state index is 9.31. The number of β-amino-alcohol motifs (C(OH)–C–C–N with tert-alkyl or cyclic N) is 1. The van der Waals surface area contributed by atoms with Crippen LogP contribution in [-0.4, -0.2) is 59.7 Å². The van der Waals surface area contributed by atoms with Gasteiger partial charge in [-0.1, -0.05) is 0 Å². The number of aliphatic hydroxyl groups excluding tert-OH is 2. The normalized spacial score (nSPS) is 25.8. The molecule has 13 heavy (non-hydrogen) atoms. The molecule has 0 aromatic rings. The van der Waals surface area contributed by atoms with Gasteiger partial charge in [-0.15, -0.1) is 0 Å². The quantitative estimate of drug-likeness (QED) is 0.625. The smallest absolute Gasteiger partial charge is 0.0897 e. The fourth-order valence-electron chi connectivity index (χ4n) is 1.54. The molecule has 1 atom stereocenters. The van der Waals surface area contributed by atoms with Crippen molar-refractivity contribution in [2.75, 3.05) is 32.9 Å². The molecule has 0 bridgehead atoms. The molecule has 2 N–H and O–H groups in total. The van der Waals surface area contributed by atoms with Gasteiger partial charge in [0, 0.05) is 18.6 Å². The van der Waals surface area contributed by atoms with Crippen molar-refractivity contribution < 1.29 is 14.9 Å². The average Bonchev–Trinajstić information content (AvgIpc) is 2.08. The first-order valence-corrected chi connectivity index (χ1v) is 4.68. The van der Waals surface area contributed by atoms with Gasteiger partial charge in [0.15, 0.2) is 0 Å². The largest absolute Gasteiger partial charge is 0.394 e. The molecule has 0 amide bonds. The highest BCUT2D eigenvalue weighted by Gasteiger charge is 2.31. The molecule has 0 saturated carbocycles. The van der Waals surface area contributed by atoms with Gasteiger partial charge in [-0.2, -0.15) is 0 Å². The lowest BCUT2D eigenvalue weighted by atomic mass is 10.0. The first kappa shape index (κ1) is 10.9. The van der Waals surface area contributed by atoms with Crippen LogP contribution in [0.1, 0.15) is 13.8 Å². The molecule has 1 rings (SSSR count). The molecule has 0 radical (unpaired) electrons. The number of aliphatic hydroxyl groups is 2. The van der Waals surface area contributed by atoms with E-state index in [4.69, 9.17) is 9.84 Å². The van der Waals surface area contributed by atoms with Crippen molar-refractivity contribution in [3.8, 4) is 0 Å². The fourth-order valence-corrected chi connectivity index (χ4v) is 1.54. The molecule has 1 aliphatic rings. The van der Waals surface area contributed by atoms with Gasteiger partial charge in [-0.05, 0) is 13.8 Å². The fraction of sp³-hybridized carbons (Fsp3) is 1.00. The Bertz CT molecular complexity index is 161. The lowest BCUT2D eigenvalue weighted by Crippen LogP contribution is -2.55. The highest BCUT2D eigenvalue weighted by atomic mass is 16.5. The van der Waals surface area contributed by atoms with E-state index >= 15 is 0 Å². The summed E-state index contributed by atoms with van der Waals surface area (Å²) in [5, 5.41) is 18.0. The number of ether oxygens (including phenoxy) is 1. The Morgan fingerprint density at radius 2 is 2.23 bits per heavy atom. The first-order valence-electron chi connectivity index (χ1n) is 4.68. The van der Waals surface area contributed by atoms with Crippen LogP contribution in [0.2, 0.25) is 0 Å². The Kier molecular flexibility index (Phi) is 3.67. The topological polar surface area (TPSA) is 52.9 Å². The molecule has 1 aliphatic heterocycles. The lowest BCUT2D eigenvalue weighted by Gasteiger charge is -2.42. The monoisotopic (exact) mass is 189 g/mol. The van der Waals surface area contributed by atoms with E-state index < -0.39 is 6.10 Å². The minimum atomic E-state index is -0.641. The zero-order valence-electron chi connectivity index (χ0n) is 8.36. The van der Waals surface area contributed by atoms with Crippen molar-refractivity contribution in [3.63, 3.8) is 0 Å². The molecular formula is C9H19NO3. The van der Waals surface area contributed by atoms with Crippen molar-refractivity contribution in [3.05, 3.63) is 0 Å². The molecule has 78 valence electrons. The summed E-state index contributed by atoms with van der Waals surface area (Å²) in [6.07, 6.45) is -0.641. The van der Waals surface area contributed by atoms with Crippen molar-refractivity contribution in [2.45, 2.75) is 25.5 Å². The average molecular weight is 189 g/mol. The van der Waals surface area contributed by atoms with Crippen molar-refractivity contribution >= 4 is 0 Å². The molecule has 0 aromatic carbocycles. The maximum atomic E-state index is 9.31. The molecule has 0 aromatic heterocycles. The van der Waals surface area contributed by atoms with Gasteiger partial charge in [0.05, 0.1) is 25.9 Å². The number of nitrogens with zero attached hydrogens (tertiary/aromatic N) is 1. The minimum Gasteiger partial charge on any atom is -0.394 e. The van der Waals surface area contributed by atoms with Crippen molar-refractivity contribution in [2.24, 2.45) is 0 Å². The Morgan fingerprint density at radius 1 is 1.54 bits per heavy atom. The van der Waals surface area contributed by atoms with E-state index in [0.29, 0.717) is 19.8 Å². The molecule has 1 heterocycles. The summed E-state index contributed by atoms with van der Waals surface area (Å²) in [6.45, 7) is 6.73. The Balaban J connectivity index is 2.46. The zero-order chi connectivity index (χ0) is 9.90. The second-order valence-electron chi connectivity index (χ2n) is 4.15. The third-order valence-electron chi connectivity index (χ3n) is 2.46. The highest BCUT2D eigenvalue weighted by molar-refractivity contribution is 4.85. The number of hydrogen-bond acceptors (Lipinski definition) is 4. The van der Waals surface area contributed by atoms with E-state index in [2.05, 4.69) is 18.7 Å². The summed E-state index contributed by atoms with van der Waals surface area (Å²) in [5.41, 5.74) is -0.0333. The number of morpholine rings is 1. The molecule has 0 aliphatic carbocycles. The van der Waals surface area contributed by atoms with Gasteiger partial charge in [0.25, 0.3) is 0 Å². The van der Waals surface area contributed by atoms with Crippen LogP contribution in [-0.2, 0) is 4.74 Å². The van der Waals surface area contributed by atoms with E-state index in [1.54, 1.807) is 0 Å². The second kappa shape index (κ2) is 4.37. The van der Waals surface area contributed by atoms with E-state index in [-0.39, 0.29) is 12.1 Å². The maximum Gasteiger partial charge on any atom is 0.0897 e. The summed E-state index contributed by atoms with van der Waals surface area (Å²) in [6, 6.07) is 0. The van der Waals surface area contributed by atoms with Crippen LogP contribution in [0.4, 0.5) is 0 Å². The zero-order valence-corrected chi connectivity index (χ0v) is 8.36. The van der Waals surface area contributed by atoms with Crippen LogP contribution in [0.5, 0.6) is 0 Å². The van der Waals surface area contributed by atoms with Crippen LogP contribution in [0.15, 0.2) is 0 Å². The lowest BCUT2D eigenvalue weighted by molar-refractivity contribution is -0.0714. The van der Waals surface area contributed by atoms with Crippen molar-refractivity contribution in [1.82, 2.24) is 4.90 Å². The summed E-state index contributed by atoms with van der Waals surface area (Å²) in [7, 11) is 0. The van der Waals surface area contributed by atoms with Gasteiger partial charge in [-0.25, -0.2) is 0 Å². The Morgan fingerprint density at radius 3 is 2.77 bits per heavy atom. The standard InChI is InChI=1S/C9H19NO3/c1-9(2)7-13-4-3-10(9)5-8(12)6-11/h8,11-12H,3-7H2,1-2H3. The van der Waals surface area contributed by atoms with Crippen LogP contribution in [0.3, 0.4) is 0 Å². The van der Waals surface area contributed by atoms with E-state index in [1.165, 1.54) is 0 Å². The van der Waals surface area contributed by atoms with Crippen LogP contribution >= 0.6 is 0 Å². The second-order valence-corrected chi connectivity index (χ2v) is 4.15. The van der Waals surface area contributed by atoms with Gasteiger partial charge in [0.2, 0.25) is 0 Å². The van der Waals surface area contributed by atoms with Crippen molar-refractivity contribution in [1.29, 1.82) is 0 Å². The highest BCUT2D eigenvalue weighted by Crippen LogP contribution is 2.18. The number of hydrogen-bond donors (Lipinski definition) is 2. The van der Waals surface area contributed by atoms with Crippen LogP contribution in [0.25, 0.3) is 0 Å². The van der Waals surface area contributed by atoms with E-state index in [9.17, 15) is 5.11 Å². The molecule has 0 spiro atoms. The van der Waals surface area contributed by atoms with Crippen LogP contribution in [0, 0.1) is 0 Å². The SMILES string of the molecule is CC1(C)COCCN1CC(O)CO. The molecule has 1 fully saturated rings. The predicted molar refractivity (Wildman–Crippen MR) is 49.6 cm³/mol. The predicted octanol–water partition coefficient (Wildman–Crippen LogP) is -0.550. The third-order valence-corrected chi connectivity index (χ3v) is 2.46. The Hall–Kier alpha value is -0.160. The van der Waals surface area contributed by atoms with Gasteiger partial charge in [-0.3, -0.25) is 4.90 Å². The van der Waals surface area contributed by atoms with Crippen LogP contribution < -0.4 is 0 Å².